The predicted octanol–water partition coefficient (Wildman–Crippen LogP) is 3.82. The summed E-state index contributed by atoms with van der Waals surface area (Å²) in [5.41, 5.74) is 4.18. The van der Waals surface area contributed by atoms with Gasteiger partial charge in [0.1, 0.15) is 23.1 Å². The molecule has 1 aromatic heterocycles. The fraction of sp³-hybridized carbons (Fsp3) is 0.333. The fourth-order valence-electron chi connectivity index (χ4n) is 5.76. The summed E-state index contributed by atoms with van der Waals surface area (Å²) in [4.78, 5) is 25.4. The number of aromatic nitrogens is 1. The number of ether oxygens (including phenoxy) is 1. The van der Waals surface area contributed by atoms with Gasteiger partial charge < -0.3 is 31.4 Å². The number of carbonyl (C=O) groups excluding carboxylic acids is 1. The first-order chi connectivity index (χ1) is 21.9. The van der Waals surface area contributed by atoms with Crippen LogP contribution in [0, 0.1) is 11.6 Å². The summed E-state index contributed by atoms with van der Waals surface area (Å²) in [6.45, 7) is 5.70. The predicted molar refractivity (Wildman–Crippen MR) is 173 cm³/mol. The molecule has 0 aliphatic carbocycles. The summed E-state index contributed by atoms with van der Waals surface area (Å²) < 4.78 is 35.4. The van der Waals surface area contributed by atoms with Crippen molar-refractivity contribution in [2.75, 3.05) is 7.11 Å². The fourth-order valence-corrected chi connectivity index (χ4v) is 5.76. The summed E-state index contributed by atoms with van der Waals surface area (Å²) in [7, 11) is 1.57. The first-order valence-corrected chi connectivity index (χ1v) is 15.2. The second kappa shape index (κ2) is 17.0. The molecule has 0 saturated heterocycles. The maximum Gasteiger partial charge on any atom is 1.00 e. The van der Waals surface area contributed by atoms with Crippen LogP contribution in [-0.4, -0.2) is 51.1 Å². The van der Waals surface area contributed by atoms with Crippen molar-refractivity contribution in [1.29, 1.82) is 0 Å². The summed E-state index contributed by atoms with van der Waals surface area (Å²) in [6.07, 6.45) is -2.51. The Hall–Kier alpha value is -3.54. The number of rotatable bonds is 14. The third kappa shape index (κ3) is 9.52. The van der Waals surface area contributed by atoms with Gasteiger partial charge in [-0.15, -0.1) is 0 Å². The largest absolute Gasteiger partial charge is 1.00 e. The van der Waals surface area contributed by atoms with Gasteiger partial charge in [-0.1, -0.05) is 36.4 Å². The van der Waals surface area contributed by atoms with Crippen molar-refractivity contribution in [2.24, 2.45) is 0 Å². The summed E-state index contributed by atoms with van der Waals surface area (Å²) in [6, 6.07) is 18.4. The summed E-state index contributed by atoms with van der Waals surface area (Å²) >= 11 is 0. The van der Waals surface area contributed by atoms with Gasteiger partial charge in [0.15, 0.2) is 0 Å². The maximum atomic E-state index is 14.3. The van der Waals surface area contributed by atoms with Crippen molar-refractivity contribution in [3.8, 4) is 28.0 Å². The first kappa shape index (κ1) is 37.9. The summed E-state index contributed by atoms with van der Waals surface area (Å²) in [5, 5.41) is 33.0. The monoisotopic (exact) mass is 658 g/mol. The van der Waals surface area contributed by atoms with E-state index in [2.05, 4.69) is 5.32 Å². The molecule has 11 heteroatoms. The van der Waals surface area contributed by atoms with E-state index in [9.17, 15) is 28.6 Å². The molecular formula is C36H41F2N2NaO6. The van der Waals surface area contributed by atoms with Gasteiger partial charge in [0.05, 0.1) is 31.8 Å². The van der Waals surface area contributed by atoms with Gasteiger partial charge in [0.2, 0.25) is 0 Å². The molecule has 3 aromatic carbocycles. The number of aliphatic hydroxyl groups excluding tert-OH is 2. The Balaban J connectivity index is 0.00000400. The number of benzene rings is 3. The normalized spacial score (nSPS) is 13.0. The number of nitrogens with one attached hydrogen (secondary N) is 1. The van der Waals surface area contributed by atoms with Crippen LogP contribution in [0.5, 0.6) is 5.75 Å². The Morgan fingerprint density at radius 2 is 1.38 bits per heavy atom. The van der Waals surface area contributed by atoms with Crippen LogP contribution in [0.2, 0.25) is 0 Å². The van der Waals surface area contributed by atoms with E-state index in [4.69, 9.17) is 9.84 Å². The third-order valence-electron chi connectivity index (χ3n) is 7.94. The molecule has 0 aliphatic rings. The van der Waals surface area contributed by atoms with E-state index in [0.717, 1.165) is 5.56 Å². The van der Waals surface area contributed by atoms with Crippen LogP contribution >= 0.6 is 0 Å². The number of carboxylic acids is 1. The molecule has 1 heterocycles. The number of aliphatic carboxylic acids is 1. The van der Waals surface area contributed by atoms with Gasteiger partial charge in [0, 0.05) is 22.9 Å². The molecule has 246 valence electrons. The maximum absolute atomic E-state index is 14.3. The molecule has 4 rings (SSSR count). The molecule has 0 fully saturated rings. The van der Waals surface area contributed by atoms with Crippen molar-refractivity contribution in [3.05, 3.63) is 101 Å². The number of nitrogens with zero attached hydrogens (tertiary/aromatic N) is 1. The standard InChI is InChI=1S/C36H40F2N2O6.Na.H/c1-21(2)40-31(18-15-28(41)19-29(42)20-32(43)44)33(24-5-11-26(37)12-6-24)34(25-7-13-27(38)14-8-25)35(40)36(45)39-22(3)23-9-16-30(46-4)17-10-23;;/h5-14,16-17,21-22,28-29,41-42H,15,18-20H2,1-4H3,(H,39,45)(H,43,44);;/q;+1;-1/t22-,28+,29+;;/m0../s1. The minimum atomic E-state index is -1.23. The number of aliphatic hydroxyl groups is 2. The Morgan fingerprint density at radius 3 is 1.87 bits per heavy atom. The van der Waals surface area contributed by atoms with Crippen LogP contribution in [0.15, 0.2) is 72.8 Å². The molecular weight excluding hydrogens is 617 g/mol. The molecule has 0 bridgehead atoms. The molecule has 47 heavy (non-hydrogen) atoms. The van der Waals surface area contributed by atoms with Gasteiger partial charge in [-0.25, -0.2) is 8.78 Å². The van der Waals surface area contributed by atoms with Gasteiger partial charge in [0.25, 0.3) is 5.91 Å². The number of halogens is 2. The average Bonchev–Trinajstić information content (AvgIpc) is 3.36. The van der Waals surface area contributed by atoms with Crippen LogP contribution in [0.4, 0.5) is 8.78 Å². The first-order valence-electron chi connectivity index (χ1n) is 15.2. The SMILES string of the molecule is COc1ccc([C@H](C)NC(=O)c2c(-c3ccc(F)cc3)c(-c3ccc(F)cc3)c(CC[C@@H](O)C[C@@H](O)CC(=O)O)n2C(C)C)cc1.[H-].[Na+]. The molecule has 4 N–H and O–H groups in total. The van der Waals surface area contributed by atoms with Crippen LogP contribution in [-0.2, 0) is 11.2 Å². The Bertz CT molecular complexity index is 1650. The number of carboxylic acid groups (broad SMARTS) is 1. The van der Waals surface area contributed by atoms with Crippen molar-refractivity contribution in [1.82, 2.24) is 9.88 Å². The van der Waals surface area contributed by atoms with Crippen LogP contribution in [0.25, 0.3) is 22.3 Å². The summed E-state index contributed by atoms with van der Waals surface area (Å²) in [5.74, 6) is -1.76. The van der Waals surface area contributed by atoms with E-state index < -0.39 is 42.3 Å². The van der Waals surface area contributed by atoms with Crippen molar-refractivity contribution in [2.45, 2.75) is 70.7 Å². The minimum absolute atomic E-state index is 0. The number of methoxy groups -OCH3 is 1. The molecule has 0 radical (unpaired) electrons. The van der Waals surface area contributed by atoms with Crippen LogP contribution in [0.1, 0.15) is 75.3 Å². The zero-order chi connectivity index (χ0) is 33.5. The molecule has 4 aromatic rings. The second-order valence-corrected chi connectivity index (χ2v) is 11.7. The zero-order valence-electron chi connectivity index (χ0n) is 28.3. The van der Waals surface area contributed by atoms with Gasteiger partial charge in [-0.05, 0) is 93.1 Å². The van der Waals surface area contributed by atoms with Crippen molar-refractivity contribution in [3.63, 3.8) is 0 Å². The van der Waals surface area contributed by atoms with Crippen molar-refractivity contribution >= 4 is 11.9 Å². The average molecular weight is 659 g/mol. The molecule has 8 nitrogen and oxygen atoms in total. The van der Waals surface area contributed by atoms with Gasteiger partial charge in [-0.3, -0.25) is 9.59 Å². The quantitative estimate of drug-likeness (QED) is 0.153. The van der Waals surface area contributed by atoms with Gasteiger partial charge in [-0.2, -0.15) is 0 Å². The van der Waals surface area contributed by atoms with Gasteiger partial charge >= 0.3 is 35.5 Å². The van der Waals surface area contributed by atoms with E-state index in [-0.39, 0.29) is 62.2 Å². The molecule has 3 atom stereocenters. The molecule has 1 amide bonds. The second-order valence-electron chi connectivity index (χ2n) is 11.7. The Kier molecular flexibility index (Phi) is 13.7. The molecule has 0 unspecified atom stereocenters. The number of carbonyl (C=O) groups is 2. The van der Waals surface area contributed by atoms with Crippen LogP contribution in [0.3, 0.4) is 0 Å². The van der Waals surface area contributed by atoms with Crippen molar-refractivity contribution < 1.29 is 69.4 Å². The molecule has 0 saturated carbocycles. The number of hydrogen-bond donors (Lipinski definition) is 4. The number of hydrogen-bond acceptors (Lipinski definition) is 5. The number of amides is 1. The van der Waals surface area contributed by atoms with E-state index in [1.54, 1.807) is 31.4 Å². The Morgan fingerprint density at radius 1 is 0.851 bits per heavy atom. The molecule has 0 spiro atoms. The van der Waals surface area contributed by atoms with E-state index in [1.165, 1.54) is 24.3 Å². The van der Waals surface area contributed by atoms with E-state index in [0.29, 0.717) is 39.4 Å². The van der Waals surface area contributed by atoms with Crippen LogP contribution < -0.4 is 39.6 Å². The minimum Gasteiger partial charge on any atom is -1.00 e. The van der Waals surface area contributed by atoms with E-state index in [1.807, 2.05) is 49.6 Å². The molecule has 0 aliphatic heterocycles. The Labute approximate surface area is 297 Å². The van der Waals surface area contributed by atoms with E-state index >= 15 is 0 Å². The zero-order valence-corrected chi connectivity index (χ0v) is 29.3. The smallest absolute Gasteiger partial charge is 1.00 e. The topological polar surface area (TPSA) is 121 Å². The third-order valence-corrected chi connectivity index (χ3v) is 7.94.